The van der Waals surface area contributed by atoms with Crippen LogP contribution in [0.25, 0.3) is 0 Å². The van der Waals surface area contributed by atoms with Crippen LogP contribution in [-0.2, 0) is 21.2 Å². The highest BCUT2D eigenvalue weighted by Gasteiger charge is 2.33. The van der Waals surface area contributed by atoms with Crippen LogP contribution in [0.15, 0.2) is 59.5 Å². The Morgan fingerprint density at radius 1 is 1.17 bits per heavy atom. The largest absolute Gasteiger partial charge is 0.353 e. The number of nitrogens with one attached hydrogen (secondary N) is 1. The van der Waals surface area contributed by atoms with E-state index in [1.807, 2.05) is 25.1 Å². The number of halogens is 1. The lowest BCUT2D eigenvalue weighted by molar-refractivity contribution is -0.126. The monoisotopic (exact) mass is 434 g/mol. The number of hydrogen-bond acceptors (Lipinski definition) is 3. The van der Waals surface area contributed by atoms with Gasteiger partial charge >= 0.3 is 0 Å². The van der Waals surface area contributed by atoms with Gasteiger partial charge in [0.25, 0.3) is 0 Å². The van der Waals surface area contributed by atoms with Crippen molar-refractivity contribution in [3.05, 3.63) is 65.2 Å². The van der Waals surface area contributed by atoms with Crippen LogP contribution in [0.2, 0.25) is 5.02 Å². The molecule has 0 spiro atoms. The normalized spacial score (nSPS) is 18.9. The Bertz CT molecular complexity index is 917. The molecule has 7 heteroatoms. The molecule has 1 aliphatic heterocycles. The van der Waals surface area contributed by atoms with E-state index in [2.05, 4.69) is 17.4 Å². The Hall–Kier alpha value is -1.89. The molecule has 1 saturated heterocycles. The third-order valence-corrected chi connectivity index (χ3v) is 7.44. The minimum atomic E-state index is -3.63. The molecular weight excluding hydrogens is 408 g/mol. The second-order valence-electron chi connectivity index (χ2n) is 7.59. The summed E-state index contributed by atoms with van der Waals surface area (Å²) in [6, 6.07) is 16.3. The second kappa shape index (κ2) is 9.74. The summed E-state index contributed by atoms with van der Waals surface area (Å²) >= 11 is 5.86. The smallest absolute Gasteiger partial charge is 0.243 e. The third-order valence-electron chi connectivity index (χ3n) is 5.30. The highest BCUT2D eigenvalue weighted by atomic mass is 35.5. The molecule has 1 amide bonds. The standard InChI is InChI=1S/C22H27ClN2O3S/c1-17(9-10-18-6-3-2-4-7-18)24-22(26)19-8-5-15-25(16-19)29(27,28)21-13-11-20(23)12-14-21/h2-4,6-7,11-14,17,19H,5,8-10,15-16H2,1H3,(H,24,26)/t17-,19+/m0/s1. The Morgan fingerprint density at radius 3 is 2.55 bits per heavy atom. The lowest BCUT2D eigenvalue weighted by Gasteiger charge is -2.32. The van der Waals surface area contributed by atoms with Gasteiger partial charge in [0, 0.05) is 24.2 Å². The maximum absolute atomic E-state index is 12.9. The van der Waals surface area contributed by atoms with E-state index in [1.54, 1.807) is 12.1 Å². The molecule has 29 heavy (non-hydrogen) atoms. The van der Waals surface area contributed by atoms with E-state index in [9.17, 15) is 13.2 Å². The van der Waals surface area contributed by atoms with Crippen molar-refractivity contribution in [2.75, 3.05) is 13.1 Å². The first-order valence-corrected chi connectivity index (χ1v) is 11.8. The third kappa shape index (κ3) is 5.81. The lowest BCUT2D eigenvalue weighted by atomic mass is 9.98. The lowest BCUT2D eigenvalue weighted by Crippen LogP contribution is -2.47. The molecule has 0 bridgehead atoms. The predicted octanol–water partition coefficient (Wildman–Crippen LogP) is 3.88. The minimum Gasteiger partial charge on any atom is -0.353 e. The van der Waals surface area contributed by atoms with Crippen molar-refractivity contribution in [2.24, 2.45) is 5.92 Å². The molecule has 0 aliphatic carbocycles. The van der Waals surface area contributed by atoms with Crippen LogP contribution < -0.4 is 5.32 Å². The number of sulfonamides is 1. The van der Waals surface area contributed by atoms with Gasteiger partial charge in [0.2, 0.25) is 15.9 Å². The molecule has 0 saturated carbocycles. The zero-order chi connectivity index (χ0) is 20.9. The fourth-order valence-electron chi connectivity index (χ4n) is 3.59. The summed E-state index contributed by atoms with van der Waals surface area (Å²) in [5.74, 6) is -0.397. The zero-order valence-corrected chi connectivity index (χ0v) is 18.1. The summed E-state index contributed by atoms with van der Waals surface area (Å²) < 4.78 is 27.2. The van der Waals surface area contributed by atoms with Crippen molar-refractivity contribution in [1.29, 1.82) is 0 Å². The number of aryl methyl sites for hydroxylation is 1. The fraction of sp³-hybridized carbons (Fsp3) is 0.409. The van der Waals surface area contributed by atoms with E-state index in [-0.39, 0.29) is 29.3 Å². The topological polar surface area (TPSA) is 66.5 Å². The number of benzene rings is 2. The van der Waals surface area contributed by atoms with Gasteiger partial charge in [-0.25, -0.2) is 8.42 Å². The number of rotatable bonds is 7. The number of amides is 1. The average molecular weight is 435 g/mol. The zero-order valence-electron chi connectivity index (χ0n) is 16.6. The number of carbonyl (C=O) groups is 1. The van der Waals surface area contributed by atoms with Crippen molar-refractivity contribution < 1.29 is 13.2 Å². The van der Waals surface area contributed by atoms with Gasteiger partial charge in [-0.1, -0.05) is 41.9 Å². The molecule has 3 rings (SSSR count). The van der Waals surface area contributed by atoms with Gasteiger partial charge in [0.05, 0.1) is 10.8 Å². The molecule has 1 N–H and O–H groups in total. The summed E-state index contributed by atoms with van der Waals surface area (Å²) in [6.45, 7) is 2.63. The Balaban J connectivity index is 1.56. The van der Waals surface area contributed by atoms with Crippen molar-refractivity contribution in [1.82, 2.24) is 9.62 Å². The Morgan fingerprint density at radius 2 is 1.86 bits per heavy atom. The summed E-state index contributed by atoms with van der Waals surface area (Å²) in [4.78, 5) is 12.9. The molecule has 0 aromatic heterocycles. The van der Waals surface area contributed by atoms with Gasteiger partial charge in [-0.05, 0) is 62.4 Å². The Labute approximate surface area is 178 Å². The molecule has 2 aromatic carbocycles. The van der Waals surface area contributed by atoms with Crippen LogP contribution in [-0.4, -0.2) is 37.8 Å². The van der Waals surface area contributed by atoms with Crippen molar-refractivity contribution >= 4 is 27.5 Å². The molecule has 156 valence electrons. The Kier molecular flexibility index (Phi) is 7.33. The second-order valence-corrected chi connectivity index (χ2v) is 9.96. The number of carbonyl (C=O) groups excluding carboxylic acids is 1. The van der Waals surface area contributed by atoms with Crippen LogP contribution >= 0.6 is 11.6 Å². The van der Waals surface area contributed by atoms with E-state index in [1.165, 1.54) is 22.0 Å². The number of nitrogens with zero attached hydrogens (tertiary/aromatic N) is 1. The summed E-state index contributed by atoms with van der Waals surface area (Å²) in [7, 11) is -3.63. The minimum absolute atomic E-state index is 0.0333. The van der Waals surface area contributed by atoms with Gasteiger partial charge < -0.3 is 5.32 Å². The maximum Gasteiger partial charge on any atom is 0.243 e. The van der Waals surface area contributed by atoms with E-state index in [4.69, 9.17) is 11.6 Å². The van der Waals surface area contributed by atoms with Gasteiger partial charge in [-0.2, -0.15) is 4.31 Å². The molecule has 2 aromatic rings. The van der Waals surface area contributed by atoms with E-state index < -0.39 is 10.0 Å². The first kappa shape index (κ1) is 21.8. The van der Waals surface area contributed by atoms with E-state index in [0.29, 0.717) is 24.4 Å². The SMILES string of the molecule is C[C@@H](CCc1ccccc1)NC(=O)[C@@H]1CCCN(S(=O)(=O)c2ccc(Cl)cc2)C1. The van der Waals surface area contributed by atoms with E-state index >= 15 is 0 Å². The van der Waals surface area contributed by atoms with Crippen LogP contribution in [0.3, 0.4) is 0 Å². The van der Waals surface area contributed by atoms with Gasteiger partial charge in [-0.3, -0.25) is 4.79 Å². The number of hydrogen-bond donors (Lipinski definition) is 1. The van der Waals surface area contributed by atoms with Crippen molar-refractivity contribution in [3.63, 3.8) is 0 Å². The molecule has 2 atom stereocenters. The quantitative estimate of drug-likeness (QED) is 0.719. The highest BCUT2D eigenvalue weighted by molar-refractivity contribution is 7.89. The summed E-state index contributed by atoms with van der Waals surface area (Å²) in [5.41, 5.74) is 1.24. The number of piperidine rings is 1. The molecule has 1 aliphatic rings. The maximum atomic E-state index is 12.9. The molecule has 1 heterocycles. The van der Waals surface area contributed by atoms with Gasteiger partial charge in [-0.15, -0.1) is 0 Å². The highest BCUT2D eigenvalue weighted by Crippen LogP contribution is 2.25. The molecular formula is C22H27ClN2O3S. The molecule has 5 nitrogen and oxygen atoms in total. The fourth-order valence-corrected chi connectivity index (χ4v) is 5.24. The van der Waals surface area contributed by atoms with Crippen molar-refractivity contribution in [2.45, 2.75) is 43.5 Å². The van der Waals surface area contributed by atoms with Gasteiger partial charge in [0.15, 0.2) is 0 Å². The first-order valence-electron chi connectivity index (χ1n) is 9.96. The first-order chi connectivity index (χ1) is 13.9. The van der Waals surface area contributed by atoms with Crippen LogP contribution in [0.5, 0.6) is 0 Å². The predicted molar refractivity (Wildman–Crippen MR) is 115 cm³/mol. The van der Waals surface area contributed by atoms with Crippen LogP contribution in [0.4, 0.5) is 0 Å². The van der Waals surface area contributed by atoms with Crippen LogP contribution in [0.1, 0.15) is 31.7 Å². The van der Waals surface area contributed by atoms with Gasteiger partial charge in [0.1, 0.15) is 0 Å². The van der Waals surface area contributed by atoms with E-state index in [0.717, 1.165) is 12.8 Å². The summed E-state index contributed by atoms with van der Waals surface area (Å²) in [6.07, 6.45) is 3.10. The van der Waals surface area contributed by atoms with Crippen LogP contribution in [0, 0.1) is 5.92 Å². The summed E-state index contributed by atoms with van der Waals surface area (Å²) in [5, 5.41) is 3.55. The molecule has 1 fully saturated rings. The molecule has 0 radical (unpaired) electrons. The molecule has 0 unspecified atom stereocenters. The van der Waals surface area contributed by atoms with Crippen molar-refractivity contribution in [3.8, 4) is 0 Å². The average Bonchev–Trinajstić information content (AvgIpc) is 2.73.